The summed E-state index contributed by atoms with van der Waals surface area (Å²) in [5.74, 6) is 0.934. The van der Waals surface area contributed by atoms with E-state index < -0.39 is 0 Å². The zero-order valence-electron chi connectivity index (χ0n) is 14.7. The lowest BCUT2D eigenvalue weighted by Crippen LogP contribution is -2.23. The van der Waals surface area contributed by atoms with E-state index in [4.69, 9.17) is 16.6 Å². The number of aromatic nitrogens is 2. The summed E-state index contributed by atoms with van der Waals surface area (Å²) in [6.07, 6.45) is 3.93. The average molecular weight is 376 g/mol. The number of hydrogen-bond donors (Lipinski definition) is 0. The number of para-hydroxylation sites is 1. The third-order valence-corrected chi connectivity index (χ3v) is 5.75. The van der Waals surface area contributed by atoms with E-state index >= 15 is 0 Å². The van der Waals surface area contributed by atoms with E-state index in [0.29, 0.717) is 23.0 Å². The van der Waals surface area contributed by atoms with Crippen LogP contribution in [-0.2, 0) is 12.8 Å². The Bertz CT molecular complexity index is 1030. The molecule has 0 bridgehead atoms. The predicted octanol–water partition coefficient (Wildman–Crippen LogP) is 4.74. The van der Waals surface area contributed by atoms with E-state index in [9.17, 15) is 4.79 Å². The van der Waals surface area contributed by atoms with Gasteiger partial charge in [0.25, 0.3) is 0 Å². The van der Waals surface area contributed by atoms with Crippen molar-refractivity contribution in [2.45, 2.75) is 25.2 Å². The van der Waals surface area contributed by atoms with Gasteiger partial charge in [-0.05, 0) is 48.1 Å². The molecule has 0 saturated heterocycles. The number of carbonyl (C=O) groups excluding carboxylic acids is 1. The van der Waals surface area contributed by atoms with Crippen LogP contribution in [-0.4, -0.2) is 22.3 Å². The molecule has 2 heterocycles. The molecule has 0 amide bonds. The molecule has 0 radical (unpaired) electrons. The zero-order chi connectivity index (χ0) is 18.4. The Labute approximate surface area is 162 Å². The molecule has 1 atom stereocenters. The number of Topliss-reactive ketones (excluding diaryl/α,β-unsaturated/α-hetero) is 1. The molecule has 5 heteroatoms. The van der Waals surface area contributed by atoms with Gasteiger partial charge in [0.2, 0.25) is 5.95 Å². The van der Waals surface area contributed by atoms with Crippen LogP contribution in [0.25, 0.3) is 0 Å². The average Bonchev–Trinajstić information content (AvgIpc) is 3.12. The quantitative estimate of drug-likeness (QED) is 0.649. The summed E-state index contributed by atoms with van der Waals surface area (Å²) in [6, 6.07) is 16.1. The van der Waals surface area contributed by atoms with E-state index in [0.717, 1.165) is 36.3 Å². The molecule has 1 aromatic heterocycles. The Balaban J connectivity index is 1.49. The van der Waals surface area contributed by atoms with Crippen molar-refractivity contribution in [2.75, 3.05) is 11.4 Å². The van der Waals surface area contributed by atoms with Crippen LogP contribution in [0.4, 0.5) is 11.6 Å². The fraction of sp³-hybridized carbons (Fsp3) is 0.227. The highest BCUT2D eigenvalue weighted by Gasteiger charge is 2.30. The third-order valence-electron chi connectivity index (χ3n) is 5.50. The normalized spacial score (nSPS) is 18.3. The fourth-order valence-electron chi connectivity index (χ4n) is 4.08. The number of hydrogen-bond acceptors (Lipinski definition) is 4. The van der Waals surface area contributed by atoms with Crippen LogP contribution in [0.5, 0.6) is 0 Å². The van der Waals surface area contributed by atoms with E-state index in [-0.39, 0.29) is 11.7 Å². The van der Waals surface area contributed by atoms with Crippen LogP contribution < -0.4 is 4.90 Å². The first kappa shape index (κ1) is 16.5. The molecule has 1 aliphatic heterocycles. The number of rotatable bonds is 2. The number of halogens is 1. The number of carbonyl (C=O) groups is 1. The lowest BCUT2D eigenvalue weighted by Gasteiger charge is -2.25. The van der Waals surface area contributed by atoms with Gasteiger partial charge in [-0.2, -0.15) is 0 Å². The molecule has 1 aliphatic carbocycles. The Kier molecular flexibility index (Phi) is 3.94. The second-order valence-electron chi connectivity index (χ2n) is 7.14. The largest absolute Gasteiger partial charge is 0.310 e. The third kappa shape index (κ3) is 2.90. The van der Waals surface area contributed by atoms with Crippen LogP contribution in [0.2, 0.25) is 5.02 Å². The highest BCUT2D eigenvalue weighted by molar-refractivity contribution is 6.30. The van der Waals surface area contributed by atoms with E-state index in [1.54, 1.807) is 6.20 Å². The minimum absolute atomic E-state index is 0.115. The first-order valence-electron chi connectivity index (χ1n) is 9.19. The number of nitrogens with zero attached hydrogens (tertiary/aromatic N) is 3. The highest BCUT2D eigenvalue weighted by atomic mass is 35.5. The maximum Gasteiger partial charge on any atom is 0.230 e. The van der Waals surface area contributed by atoms with Crippen LogP contribution in [0.1, 0.15) is 39.5 Å². The monoisotopic (exact) mass is 375 g/mol. The molecule has 0 N–H and O–H groups in total. The van der Waals surface area contributed by atoms with Crippen molar-refractivity contribution in [3.05, 3.63) is 82.1 Å². The van der Waals surface area contributed by atoms with Crippen LogP contribution >= 0.6 is 11.6 Å². The molecular formula is C22H18ClN3O. The highest BCUT2D eigenvalue weighted by Crippen LogP contribution is 2.35. The van der Waals surface area contributed by atoms with Gasteiger partial charge in [0.05, 0.1) is 11.3 Å². The van der Waals surface area contributed by atoms with Gasteiger partial charge >= 0.3 is 0 Å². The molecule has 2 aromatic carbocycles. The first-order valence-corrected chi connectivity index (χ1v) is 9.57. The van der Waals surface area contributed by atoms with E-state index in [2.05, 4.69) is 28.1 Å². The Morgan fingerprint density at radius 3 is 2.70 bits per heavy atom. The van der Waals surface area contributed by atoms with Crippen molar-refractivity contribution in [3.8, 4) is 0 Å². The second-order valence-corrected chi connectivity index (χ2v) is 7.58. The number of anilines is 2. The topological polar surface area (TPSA) is 46.1 Å². The van der Waals surface area contributed by atoms with E-state index in [1.807, 2.05) is 30.3 Å². The van der Waals surface area contributed by atoms with Crippen molar-refractivity contribution in [1.29, 1.82) is 0 Å². The lowest BCUT2D eigenvalue weighted by atomic mass is 9.82. The van der Waals surface area contributed by atoms with Crippen molar-refractivity contribution >= 4 is 29.0 Å². The predicted molar refractivity (Wildman–Crippen MR) is 106 cm³/mol. The minimum atomic E-state index is 0.115. The van der Waals surface area contributed by atoms with Crippen LogP contribution in [0.3, 0.4) is 0 Å². The van der Waals surface area contributed by atoms with Crippen LogP contribution in [0.15, 0.2) is 54.7 Å². The van der Waals surface area contributed by atoms with Gasteiger partial charge in [0.1, 0.15) is 0 Å². The Morgan fingerprint density at radius 2 is 1.85 bits per heavy atom. The molecule has 0 spiro atoms. The summed E-state index contributed by atoms with van der Waals surface area (Å²) in [4.78, 5) is 24.1. The van der Waals surface area contributed by atoms with Gasteiger partial charge in [0, 0.05) is 29.9 Å². The molecule has 5 rings (SSSR count). The van der Waals surface area contributed by atoms with Gasteiger partial charge in [-0.15, -0.1) is 0 Å². The summed E-state index contributed by atoms with van der Waals surface area (Å²) in [7, 11) is 0. The molecule has 4 nitrogen and oxygen atoms in total. The maximum absolute atomic E-state index is 12.6. The van der Waals surface area contributed by atoms with Crippen molar-refractivity contribution in [3.63, 3.8) is 0 Å². The van der Waals surface area contributed by atoms with Crippen LogP contribution in [0, 0.1) is 0 Å². The molecular weight excluding hydrogens is 358 g/mol. The lowest BCUT2D eigenvalue weighted by molar-refractivity contribution is 0.0962. The molecule has 3 aromatic rings. The number of fused-ring (bicyclic) bond motifs is 2. The SMILES string of the molecule is O=C1C[C@H](c2ccc(Cl)cc2)Cc2nc(N3CCc4ccccc43)ncc21. The van der Waals surface area contributed by atoms with Gasteiger partial charge in [-0.3, -0.25) is 4.79 Å². The second kappa shape index (κ2) is 6.46. The fourth-order valence-corrected chi connectivity index (χ4v) is 4.21. The summed E-state index contributed by atoms with van der Waals surface area (Å²) in [6.45, 7) is 0.868. The minimum Gasteiger partial charge on any atom is -0.310 e. The van der Waals surface area contributed by atoms with Crippen molar-refractivity contribution in [2.24, 2.45) is 0 Å². The molecule has 134 valence electrons. The number of benzene rings is 2. The van der Waals surface area contributed by atoms with Crippen molar-refractivity contribution in [1.82, 2.24) is 9.97 Å². The van der Waals surface area contributed by atoms with Crippen molar-refractivity contribution < 1.29 is 4.79 Å². The zero-order valence-corrected chi connectivity index (χ0v) is 15.5. The number of ketones is 1. The summed E-state index contributed by atoms with van der Waals surface area (Å²) >= 11 is 6.00. The Morgan fingerprint density at radius 1 is 1.04 bits per heavy atom. The van der Waals surface area contributed by atoms with Gasteiger partial charge in [-0.25, -0.2) is 9.97 Å². The molecule has 0 unspecified atom stereocenters. The summed E-state index contributed by atoms with van der Waals surface area (Å²) < 4.78 is 0. The Hall–Kier alpha value is -2.72. The molecule has 2 aliphatic rings. The molecule has 0 saturated carbocycles. The van der Waals surface area contributed by atoms with Gasteiger partial charge in [0.15, 0.2) is 5.78 Å². The molecule has 27 heavy (non-hydrogen) atoms. The maximum atomic E-state index is 12.6. The van der Waals surface area contributed by atoms with E-state index in [1.165, 1.54) is 5.56 Å². The summed E-state index contributed by atoms with van der Waals surface area (Å²) in [5.41, 5.74) is 5.12. The smallest absolute Gasteiger partial charge is 0.230 e. The van der Waals surface area contributed by atoms with Gasteiger partial charge in [-0.1, -0.05) is 41.9 Å². The summed E-state index contributed by atoms with van der Waals surface area (Å²) in [5, 5.41) is 0.707. The first-order chi connectivity index (χ1) is 13.2. The van der Waals surface area contributed by atoms with Gasteiger partial charge < -0.3 is 4.90 Å². The molecule has 0 fully saturated rings. The standard InChI is InChI=1S/C22H18ClN3O/c23-17-7-5-14(6-8-17)16-11-19-18(21(27)12-16)13-24-22(25-19)26-10-9-15-3-1-2-4-20(15)26/h1-8,13,16H,9-12H2/t16-/m1/s1.